The highest BCUT2D eigenvalue weighted by Gasteiger charge is 2.36. The second kappa shape index (κ2) is 8.56. The Morgan fingerprint density at radius 1 is 1.30 bits per heavy atom. The molecule has 0 aliphatic carbocycles. The highest BCUT2D eigenvalue weighted by atomic mass is 16.2. The Morgan fingerprint density at radius 2 is 1.85 bits per heavy atom. The highest BCUT2D eigenvalue weighted by molar-refractivity contribution is 5.87. The van der Waals surface area contributed by atoms with Crippen LogP contribution in [0.5, 0.6) is 0 Å². The monoisotopic (exact) mass is 280 g/mol. The molecule has 3 N–H and O–H groups in total. The first kappa shape index (κ1) is 18.4. The Morgan fingerprint density at radius 3 is 2.20 bits per heavy atom. The molecule has 0 radical (unpaired) electrons. The van der Waals surface area contributed by atoms with Crippen LogP contribution in [0, 0.1) is 17.8 Å². The lowest BCUT2D eigenvalue weighted by Crippen LogP contribution is -2.45. The van der Waals surface area contributed by atoms with E-state index in [0.29, 0.717) is 12.8 Å². The molecule has 0 aromatic carbocycles. The van der Waals surface area contributed by atoms with E-state index in [-0.39, 0.29) is 17.9 Å². The van der Waals surface area contributed by atoms with E-state index in [9.17, 15) is 9.59 Å². The molecule has 3 atom stereocenters. The van der Waals surface area contributed by atoms with Gasteiger partial charge in [-0.25, -0.2) is 0 Å². The molecular formula is C16H28N2O2. The number of nitrogens with one attached hydrogen (secondary N) is 1. The Hall–Kier alpha value is -1.58. The van der Waals surface area contributed by atoms with E-state index in [4.69, 9.17) is 5.73 Å². The maximum atomic E-state index is 12.4. The lowest BCUT2D eigenvalue weighted by molar-refractivity contribution is -0.135. The van der Waals surface area contributed by atoms with Crippen LogP contribution in [0.4, 0.5) is 0 Å². The Kier molecular flexibility index (Phi) is 7.89. The summed E-state index contributed by atoms with van der Waals surface area (Å²) >= 11 is 0. The Balaban J connectivity index is 5.33. The molecule has 0 heterocycles. The Bertz CT molecular complexity index is 375. The van der Waals surface area contributed by atoms with Crippen LogP contribution in [0.15, 0.2) is 24.8 Å². The molecule has 20 heavy (non-hydrogen) atoms. The zero-order valence-corrected chi connectivity index (χ0v) is 13.1. The molecule has 0 bridgehead atoms. The maximum absolute atomic E-state index is 12.4. The minimum Gasteiger partial charge on any atom is -0.369 e. The van der Waals surface area contributed by atoms with Gasteiger partial charge in [-0.2, -0.15) is 0 Å². The van der Waals surface area contributed by atoms with Crippen LogP contribution < -0.4 is 11.1 Å². The fourth-order valence-corrected chi connectivity index (χ4v) is 2.24. The minimum absolute atomic E-state index is 0.0234. The lowest BCUT2D eigenvalue weighted by atomic mass is 9.76. The molecule has 4 heteroatoms. The SMILES string of the molecule is C=CCC[C@H](C(N)=O)C(C(=O)NC(C)C)[C@@H](C)C(=C)C. The number of rotatable bonds is 9. The molecule has 1 unspecified atom stereocenters. The van der Waals surface area contributed by atoms with Crippen molar-refractivity contribution in [3.05, 3.63) is 24.8 Å². The second-order valence-electron chi connectivity index (χ2n) is 5.70. The first-order valence-electron chi connectivity index (χ1n) is 7.08. The van der Waals surface area contributed by atoms with Crippen molar-refractivity contribution in [2.45, 2.75) is 46.6 Å². The van der Waals surface area contributed by atoms with Gasteiger partial charge in [0.2, 0.25) is 11.8 Å². The molecule has 2 amide bonds. The number of hydrogen-bond donors (Lipinski definition) is 2. The fraction of sp³-hybridized carbons (Fsp3) is 0.625. The number of allylic oxidation sites excluding steroid dienone is 2. The van der Waals surface area contributed by atoms with Gasteiger partial charge in [0.15, 0.2) is 0 Å². The number of carbonyl (C=O) groups excluding carboxylic acids is 2. The maximum Gasteiger partial charge on any atom is 0.224 e. The van der Waals surface area contributed by atoms with Gasteiger partial charge in [-0.3, -0.25) is 9.59 Å². The first-order chi connectivity index (χ1) is 9.22. The van der Waals surface area contributed by atoms with Crippen LogP contribution in [-0.2, 0) is 9.59 Å². The van der Waals surface area contributed by atoms with Crippen LogP contribution in [0.1, 0.15) is 40.5 Å². The second-order valence-corrected chi connectivity index (χ2v) is 5.70. The third-order valence-corrected chi connectivity index (χ3v) is 3.53. The van der Waals surface area contributed by atoms with Crippen molar-refractivity contribution in [2.24, 2.45) is 23.5 Å². The molecule has 114 valence electrons. The summed E-state index contributed by atoms with van der Waals surface area (Å²) < 4.78 is 0. The van der Waals surface area contributed by atoms with E-state index < -0.39 is 17.7 Å². The molecule has 0 spiro atoms. The largest absolute Gasteiger partial charge is 0.369 e. The van der Waals surface area contributed by atoms with Gasteiger partial charge < -0.3 is 11.1 Å². The van der Waals surface area contributed by atoms with Crippen molar-refractivity contribution in [1.29, 1.82) is 0 Å². The zero-order valence-electron chi connectivity index (χ0n) is 13.1. The fourth-order valence-electron chi connectivity index (χ4n) is 2.24. The van der Waals surface area contributed by atoms with Gasteiger partial charge in [-0.1, -0.05) is 25.2 Å². The number of hydrogen-bond acceptors (Lipinski definition) is 2. The molecule has 0 rings (SSSR count). The van der Waals surface area contributed by atoms with E-state index in [1.807, 2.05) is 27.7 Å². The smallest absolute Gasteiger partial charge is 0.224 e. The van der Waals surface area contributed by atoms with Crippen molar-refractivity contribution in [1.82, 2.24) is 5.32 Å². The van der Waals surface area contributed by atoms with E-state index in [2.05, 4.69) is 18.5 Å². The molecule has 0 aliphatic heterocycles. The van der Waals surface area contributed by atoms with Crippen molar-refractivity contribution in [3.8, 4) is 0 Å². The standard InChI is InChI=1S/C16H28N2O2/c1-7-8-9-13(15(17)19)14(12(6)10(2)3)16(20)18-11(4)5/h7,11-14H,1-2,8-9H2,3-6H3,(H2,17,19)(H,18,20)/t12-,13-,14?/m0/s1. The van der Waals surface area contributed by atoms with Gasteiger partial charge >= 0.3 is 0 Å². The average molecular weight is 280 g/mol. The van der Waals surface area contributed by atoms with Gasteiger partial charge in [0.25, 0.3) is 0 Å². The van der Waals surface area contributed by atoms with E-state index in [1.165, 1.54) is 0 Å². The third kappa shape index (κ3) is 5.59. The number of carbonyl (C=O) groups is 2. The quantitative estimate of drug-likeness (QED) is 0.637. The van der Waals surface area contributed by atoms with Crippen LogP contribution in [0.3, 0.4) is 0 Å². The van der Waals surface area contributed by atoms with Gasteiger partial charge in [-0.05, 0) is 39.5 Å². The number of amides is 2. The predicted molar refractivity (Wildman–Crippen MR) is 82.9 cm³/mol. The van der Waals surface area contributed by atoms with Gasteiger partial charge in [0.1, 0.15) is 0 Å². The topological polar surface area (TPSA) is 72.2 Å². The zero-order chi connectivity index (χ0) is 15.9. The molecule has 0 aliphatic rings. The number of primary amides is 1. The normalized spacial score (nSPS) is 15.2. The summed E-state index contributed by atoms with van der Waals surface area (Å²) in [5.74, 6) is -1.66. The molecule has 0 saturated carbocycles. The summed E-state index contributed by atoms with van der Waals surface area (Å²) in [5, 5.41) is 2.88. The molecule has 4 nitrogen and oxygen atoms in total. The average Bonchev–Trinajstić information content (AvgIpc) is 2.31. The van der Waals surface area contributed by atoms with E-state index in [1.54, 1.807) is 6.08 Å². The Labute approximate surface area is 122 Å². The summed E-state index contributed by atoms with van der Waals surface area (Å²) in [7, 11) is 0. The molecular weight excluding hydrogens is 252 g/mol. The van der Waals surface area contributed by atoms with Crippen LogP contribution in [0.2, 0.25) is 0 Å². The van der Waals surface area contributed by atoms with Gasteiger partial charge in [-0.15, -0.1) is 6.58 Å². The van der Waals surface area contributed by atoms with Gasteiger partial charge in [0.05, 0.1) is 11.8 Å². The van der Waals surface area contributed by atoms with Crippen molar-refractivity contribution in [2.75, 3.05) is 0 Å². The van der Waals surface area contributed by atoms with Gasteiger partial charge in [0, 0.05) is 6.04 Å². The van der Waals surface area contributed by atoms with E-state index in [0.717, 1.165) is 5.57 Å². The summed E-state index contributed by atoms with van der Waals surface area (Å²) in [6.07, 6.45) is 2.92. The van der Waals surface area contributed by atoms with Crippen molar-refractivity contribution >= 4 is 11.8 Å². The molecule has 0 saturated heterocycles. The summed E-state index contributed by atoms with van der Waals surface area (Å²) in [4.78, 5) is 24.2. The van der Waals surface area contributed by atoms with Crippen molar-refractivity contribution in [3.63, 3.8) is 0 Å². The third-order valence-electron chi connectivity index (χ3n) is 3.53. The summed E-state index contributed by atoms with van der Waals surface area (Å²) in [6, 6.07) is 0.0234. The summed E-state index contributed by atoms with van der Waals surface area (Å²) in [5.41, 5.74) is 6.38. The van der Waals surface area contributed by atoms with Crippen LogP contribution in [0.25, 0.3) is 0 Å². The molecule has 0 fully saturated rings. The van der Waals surface area contributed by atoms with Crippen molar-refractivity contribution < 1.29 is 9.59 Å². The minimum atomic E-state index is -0.501. The predicted octanol–water partition coefficient (Wildman–Crippen LogP) is 2.41. The van der Waals surface area contributed by atoms with Crippen LogP contribution in [-0.4, -0.2) is 17.9 Å². The number of nitrogens with two attached hydrogens (primary N) is 1. The molecule has 0 aromatic heterocycles. The lowest BCUT2D eigenvalue weighted by Gasteiger charge is -2.30. The highest BCUT2D eigenvalue weighted by Crippen LogP contribution is 2.29. The summed E-state index contributed by atoms with van der Waals surface area (Å²) in [6.45, 7) is 15.1. The van der Waals surface area contributed by atoms with E-state index >= 15 is 0 Å². The first-order valence-corrected chi connectivity index (χ1v) is 7.08. The van der Waals surface area contributed by atoms with Crippen LogP contribution >= 0.6 is 0 Å². The molecule has 0 aromatic rings.